The summed E-state index contributed by atoms with van der Waals surface area (Å²) in [4.78, 5) is 0. The highest BCUT2D eigenvalue weighted by Crippen LogP contribution is 2.19. The van der Waals surface area contributed by atoms with E-state index in [1.54, 1.807) is 0 Å². The number of halogens is 1. The van der Waals surface area contributed by atoms with Gasteiger partial charge in [-0.25, -0.2) is 0 Å². The van der Waals surface area contributed by atoms with Gasteiger partial charge >= 0.3 is 0 Å². The maximum Gasteiger partial charge on any atom is 0.0905 e. The van der Waals surface area contributed by atoms with Gasteiger partial charge in [-0.1, -0.05) is 11.6 Å². The summed E-state index contributed by atoms with van der Waals surface area (Å²) in [6.45, 7) is 4.59. The first-order chi connectivity index (χ1) is 6.52. The quantitative estimate of drug-likeness (QED) is 0.594. The summed E-state index contributed by atoms with van der Waals surface area (Å²) in [7, 11) is 0. The maximum atomic E-state index is 7.08. The van der Waals surface area contributed by atoms with Crippen molar-refractivity contribution in [2.75, 3.05) is 0 Å². The number of nitrogens with two attached hydrogens (primary N) is 1. The van der Waals surface area contributed by atoms with Gasteiger partial charge < -0.3 is 5.73 Å². The monoisotopic (exact) mass is 214 g/mol. The van der Waals surface area contributed by atoms with Gasteiger partial charge in [0.15, 0.2) is 0 Å². The molecule has 0 amide bonds. The molecular weight excluding hydrogens is 200 g/mol. The highest BCUT2D eigenvalue weighted by Gasteiger charge is 2.08. The molecule has 14 heavy (non-hydrogen) atoms. The first-order valence-corrected chi connectivity index (χ1v) is 4.92. The lowest BCUT2D eigenvalue weighted by Gasteiger charge is -2.03. The molecule has 0 spiro atoms. The van der Waals surface area contributed by atoms with Crippen LogP contribution in [0.4, 0.5) is 0 Å². The van der Waals surface area contributed by atoms with Crippen LogP contribution in [0.2, 0.25) is 5.02 Å². The topological polar surface area (TPSA) is 67.7 Å². The van der Waals surface area contributed by atoms with Crippen molar-refractivity contribution >= 4 is 17.4 Å². The van der Waals surface area contributed by atoms with Crippen molar-refractivity contribution in [2.45, 2.75) is 33.2 Å². The van der Waals surface area contributed by atoms with Gasteiger partial charge in [-0.15, -0.1) is 0 Å². The van der Waals surface area contributed by atoms with Crippen LogP contribution >= 0.6 is 11.6 Å². The van der Waals surface area contributed by atoms with E-state index in [0.29, 0.717) is 6.42 Å². The molecule has 1 aromatic heterocycles. The van der Waals surface area contributed by atoms with Gasteiger partial charge in [0.2, 0.25) is 0 Å². The molecule has 1 heterocycles. The van der Waals surface area contributed by atoms with Crippen molar-refractivity contribution in [3.05, 3.63) is 16.4 Å². The number of aryl methyl sites for hydroxylation is 2. The van der Waals surface area contributed by atoms with E-state index in [2.05, 4.69) is 5.10 Å². The summed E-state index contributed by atoms with van der Waals surface area (Å²) in [5.74, 6) is 0.220. The smallest absolute Gasteiger partial charge is 0.0905 e. The number of nitrogens with one attached hydrogen (secondary N) is 1. The molecule has 0 aliphatic carbocycles. The average molecular weight is 215 g/mol. The van der Waals surface area contributed by atoms with Gasteiger partial charge in [-0.2, -0.15) is 5.10 Å². The zero-order valence-electron chi connectivity index (χ0n) is 8.47. The Balaban J connectivity index is 2.59. The molecule has 3 N–H and O–H groups in total. The summed E-state index contributed by atoms with van der Waals surface area (Å²) in [6.07, 6.45) is 1.43. The Bertz CT molecular complexity index is 343. The van der Waals surface area contributed by atoms with E-state index in [1.807, 2.05) is 18.5 Å². The van der Waals surface area contributed by atoms with E-state index >= 15 is 0 Å². The average Bonchev–Trinajstić information content (AvgIpc) is 2.33. The van der Waals surface area contributed by atoms with Crippen LogP contribution in [0.5, 0.6) is 0 Å². The lowest BCUT2D eigenvalue weighted by atomic mass is 10.3. The molecule has 0 atom stereocenters. The third-order valence-electron chi connectivity index (χ3n) is 2.11. The molecular formula is C9H15ClN4. The fourth-order valence-electron chi connectivity index (χ4n) is 1.31. The Labute approximate surface area is 88.6 Å². The van der Waals surface area contributed by atoms with Crippen LogP contribution < -0.4 is 5.73 Å². The van der Waals surface area contributed by atoms with Gasteiger partial charge in [-0.3, -0.25) is 10.1 Å². The molecule has 1 aromatic rings. The Hall–Kier alpha value is -1.03. The molecule has 4 nitrogen and oxygen atoms in total. The van der Waals surface area contributed by atoms with Gasteiger partial charge in [-0.05, 0) is 20.3 Å². The van der Waals surface area contributed by atoms with Gasteiger partial charge in [0, 0.05) is 13.0 Å². The number of hydrogen-bond acceptors (Lipinski definition) is 2. The summed E-state index contributed by atoms with van der Waals surface area (Å²) in [5, 5.41) is 12.1. The number of amidine groups is 1. The van der Waals surface area contributed by atoms with Crippen molar-refractivity contribution in [1.82, 2.24) is 9.78 Å². The first-order valence-electron chi connectivity index (χ1n) is 4.54. The normalized spacial score (nSPS) is 10.5. The summed E-state index contributed by atoms with van der Waals surface area (Å²) < 4.78 is 1.86. The van der Waals surface area contributed by atoms with Gasteiger partial charge in [0.05, 0.1) is 22.2 Å². The fourth-order valence-corrected chi connectivity index (χ4v) is 1.45. The van der Waals surface area contributed by atoms with E-state index in [-0.39, 0.29) is 5.84 Å². The minimum Gasteiger partial charge on any atom is -0.388 e. The molecule has 1 rings (SSSR count). The molecule has 0 saturated carbocycles. The van der Waals surface area contributed by atoms with E-state index in [9.17, 15) is 0 Å². The van der Waals surface area contributed by atoms with Crippen molar-refractivity contribution in [3.63, 3.8) is 0 Å². The van der Waals surface area contributed by atoms with Crippen LogP contribution in [0.1, 0.15) is 24.2 Å². The summed E-state index contributed by atoms with van der Waals surface area (Å²) in [6, 6.07) is 0. The maximum absolute atomic E-state index is 7.08. The minimum absolute atomic E-state index is 0.220. The second-order valence-corrected chi connectivity index (χ2v) is 3.71. The van der Waals surface area contributed by atoms with Crippen LogP contribution in [-0.4, -0.2) is 15.6 Å². The Morgan fingerprint density at radius 1 is 1.57 bits per heavy atom. The molecule has 78 valence electrons. The molecule has 0 saturated heterocycles. The molecule has 0 aliphatic rings. The molecule has 0 radical (unpaired) electrons. The zero-order chi connectivity index (χ0) is 10.7. The van der Waals surface area contributed by atoms with Gasteiger partial charge in [0.25, 0.3) is 0 Å². The second-order valence-electron chi connectivity index (χ2n) is 3.34. The van der Waals surface area contributed by atoms with Crippen LogP contribution in [0, 0.1) is 19.3 Å². The van der Waals surface area contributed by atoms with E-state index in [1.165, 1.54) is 0 Å². The Morgan fingerprint density at radius 3 is 2.64 bits per heavy atom. The highest BCUT2D eigenvalue weighted by atomic mass is 35.5. The third-order valence-corrected chi connectivity index (χ3v) is 2.66. The highest BCUT2D eigenvalue weighted by molar-refractivity contribution is 6.31. The predicted molar refractivity (Wildman–Crippen MR) is 57.9 cm³/mol. The van der Waals surface area contributed by atoms with E-state index < -0.39 is 0 Å². The molecule has 0 aliphatic heterocycles. The molecule has 0 bridgehead atoms. The van der Waals surface area contributed by atoms with Crippen molar-refractivity contribution < 1.29 is 0 Å². The van der Waals surface area contributed by atoms with Crippen molar-refractivity contribution in [1.29, 1.82) is 5.41 Å². The predicted octanol–water partition coefficient (Wildman–Crippen LogP) is 1.87. The van der Waals surface area contributed by atoms with Crippen LogP contribution in [0.3, 0.4) is 0 Å². The zero-order valence-corrected chi connectivity index (χ0v) is 9.23. The van der Waals surface area contributed by atoms with Crippen molar-refractivity contribution in [2.24, 2.45) is 5.73 Å². The number of aromatic nitrogens is 2. The number of rotatable bonds is 4. The van der Waals surface area contributed by atoms with Crippen molar-refractivity contribution in [3.8, 4) is 0 Å². The van der Waals surface area contributed by atoms with E-state index in [4.69, 9.17) is 22.7 Å². The fraction of sp³-hybridized carbons (Fsp3) is 0.556. The lowest BCUT2D eigenvalue weighted by molar-refractivity contribution is 0.570. The standard InChI is InChI=1S/C9H15ClN4/c1-6-9(10)7(2)14(13-6)5-3-4-8(11)12/h3-5H2,1-2H3,(H3,11,12). The molecule has 5 heteroatoms. The number of hydrogen-bond donors (Lipinski definition) is 2. The van der Waals surface area contributed by atoms with Crippen LogP contribution in [0.25, 0.3) is 0 Å². The lowest BCUT2D eigenvalue weighted by Crippen LogP contribution is -2.11. The third kappa shape index (κ3) is 2.48. The minimum atomic E-state index is 0.220. The van der Waals surface area contributed by atoms with Crippen LogP contribution in [0.15, 0.2) is 0 Å². The van der Waals surface area contributed by atoms with E-state index in [0.717, 1.165) is 29.4 Å². The molecule has 0 fully saturated rings. The Morgan fingerprint density at radius 2 is 2.21 bits per heavy atom. The number of nitrogens with zero attached hydrogens (tertiary/aromatic N) is 2. The molecule has 0 aromatic carbocycles. The largest absolute Gasteiger partial charge is 0.388 e. The summed E-state index contributed by atoms with van der Waals surface area (Å²) in [5.41, 5.74) is 7.09. The SMILES string of the molecule is Cc1nn(CCCC(=N)N)c(C)c1Cl. The first kappa shape index (κ1) is 11.0. The second kappa shape index (κ2) is 4.46. The van der Waals surface area contributed by atoms with Crippen LogP contribution in [-0.2, 0) is 6.54 Å². The Kier molecular flexibility index (Phi) is 3.52. The summed E-state index contributed by atoms with van der Waals surface area (Å²) >= 11 is 5.99. The molecule has 0 unspecified atom stereocenters. The van der Waals surface area contributed by atoms with Gasteiger partial charge in [0.1, 0.15) is 0 Å².